The van der Waals surface area contributed by atoms with E-state index in [2.05, 4.69) is 42.4 Å². The maximum Gasteiger partial charge on any atom is 0.413 e. The summed E-state index contributed by atoms with van der Waals surface area (Å²) in [4.78, 5) is 26.0. The number of carbonyl (C=O) groups is 2. The van der Waals surface area contributed by atoms with E-state index in [4.69, 9.17) is 14.2 Å². The number of nitrogens with zero attached hydrogens (tertiary/aromatic N) is 1. The van der Waals surface area contributed by atoms with Crippen LogP contribution in [-0.4, -0.2) is 47.0 Å². The van der Waals surface area contributed by atoms with Gasteiger partial charge in [-0.25, -0.2) is 4.79 Å². The first-order chi connectivity index (χ1) is 16.0. The maximum atomic E-state index is 12.9. The Morgan fingerprint density at radius 1 is 1.03 bits per heavy atom. The first-order valence-corrected chi connectivity index (χ1v) is 12.3. The predicted molar refractivity (Wildman–Crippen MR) is 133 cm³/mol. The van der Waals surface area contributed by atoms with Crippen LogP contribution in [0.2, 0.25) is 0 Å². The predicted octanol–water partition coefficient (Wildman–Crippen LogP) is 5.44. The van der Waals surface area contributed by atoms with Crippen LogP contribution in [0.3, 0.4) is 0 Å². The monoisotopic (exact) mass is 471 g/mol. The van der Waals surface area contributed by atoms with Crippen molar-refractivity contribution >= 4 is 12.1 Å². The standard InChI is InChI=1S/C28H41NO5/c1-8-9-10-11-12-13-14-15-16-17-18-19-20-21-25(33-23(2)30)24-22-32-28(6,7)29(24)26(31)34-27(3,4)5/h24-25H,8-15,22H2,1-7H3/t24-,25+/m0/s1. The van der Waals surface area contributed by atoms with Crippen LogP contribution in [0.5, 0.6) is 0 Å². The van der Waals surface area contributed by atoms with E-state index >= 15 is 0 Å². The van der Waals surface area contributed by atoms with Crippen LogP contribution in [0.1, 0.15) is 99.8 Å². The zero-order chi connectivity index (χ0) is 25.6. The molecule has 0 saturated carbocycles. The Labute approximate surface area is 206 Å². The van der Waals surface area contributed by atoms with Gasteiger partial charge in [0.1, 0.15) is 17.4 Å². The Morgan fingerprint density at radius 2 is 1.65 bits per heavy atom. The highest BCUT2D eigenvalue weighted by Gasteiger charge is 2.49. The summed E-state index contributed by atoms with van der Waals surface area (Å²) in [7, 11) is 0. The molecule has 0 bridgehead atoms. The Bertz CT molecular complexity index is 851. The third-order valence-corrected chi connectivity index (χ3v) is 5.15. The minimum atomic E-state index is -0.930. The van der Waals surface area contributed by atoms with Gasteiger partial charge in [0.05, 0.1) is 6.61 Å². The van der Waals surface area contributed by atoms with Crippen molar-refractivity contribution in [1.82, 2.24) is 4.90 Å². The quantitative estimate of drug-likeness (QED) is 0.254. The lowest BCUT2D eigenvalue weighted by atomic mass is 10.1. The molecule has 0 aliphatic carbocycles. The zero-order valence-corrected chi connectivity index (χ0v) is 22.0. The van der Waals surface area contributed by atoms with Gasteiger partial charge in [0, 0.05) is 13.3 Å². The van der Waals surface area contributed by atoms with Gasteiger partial charge in [-0.05, 0) is 70.6 Å². The van der Waals surface area contributed by atoms with E-state index in [1.54, 1.807) is 34.6 Å². The summed E-state index contributed by atoms with van der Waals surface area (Å²) in [6, 6.07) is -0.619. The Morgan fingerprint density at radius 3 is 2.26 bits per heavy atom. The summed E-state index contributed by atoms with van der Waals surface area (Å²) >= 11 is 0. The lowest BCUT2D eigenvalue weighted by Crippen LogP contribution is -2.53. The number of hydrogen-bond donors (Lipinski definition) is 0. The molecule has 0 spiro atoms. The lowest BCUT2D eigenvalue weighted by Gasteiger charge is -2.36. The van der Waals surface area contributed by atoms with Crippen LogP contribution in [-0.2, 0) is 19.0 Å². The lowest BCUT2D eigenvalue weighted by molar-refractivity contribution is -0.146. The Kier molecular flexibility index (Phi) is 12.6. The third-order valence-electron chi connectivity index (χ3n) is 5.15. The molecule has 1 heterocycles. The van der Waals surface area contributed by atoms with Gasteiger partial charge in [-0.15, -0.1) is 0 Å². The summed E-state index contributed by atoms with van der Waals surface area (Å²) in [5.41, 5.74) is -1.61. The molecule has 1 saturated heterocycles. The van der Waals surface area contributed by atoms with E-state index in [0.717, 1.165) is 12.8 Å². The highest BCUT2D eigenvalue weighted by Crippen LogP contribution is 2.31. The SMILES string of the molecule is CCCCCCCCCC#CC#CC#C[C@@H](OC(C)=O)[C@@H]1COC(C)(C)N1C(=O)OC(C)(C)C. The molecule has 0 unspecified atom stereocenters. The molecule has 6 heteroatoms. The van der Waals surface area contributed by atoms with Crippen LogP contribution in [0.25, 0.3) is 0 Å². The summed E-state index contributed by atoms with van der Waals surface area (Å²) in [5, 5.41) is 0. The molecule has 1 rings (SSSR count). The molecule has 0 aromatic heterocycles. The summed E-state index contributed by atoms with van der Waals surface area (Å²) in [5.74, 6) is 16.3. The van der Waals surface area contributed by atoms with Crippen molar-refractivity contribution < 1.29 is 23.8 Å². The molecule has 2 atom stereocenters. The highest BCUT2D eigenvalue weighted by atomic mass is 16.6. The normalized spacial score (nSPS) is 17.3. The van der Waals surface area contributed by atoms with E-state index in [-0.39, 0.29) is 6.61 Å². The van der Waals surface area contributed by atoms with Gasteiger partial charge in [0.15, 0.2) is 6.10 Å². The van der Waals surface area contributed by atoms with Crippen molar-refractivity contribution in [2.45, 2.75) is 123 Å². The zero-order valence-electron chi connectivity index (χ0n) is 22.0. The van der Waals surface area contributed by atoms with Gasteiger partial charge in [-0.1, -0.05) is 51.4 Å². The Balaban J connectivity index is 2.75. The molecule has 0 aromatic carbocycles. The average Bonchev–Trinajstić information content (AvgIpc) is 3.04. The smallest absolute Gasteiger partial charge is 0.413 e. The van der Waals surface area contributed by atoms with E-state index < -0.39 is 35.5 Å². The summed E-state index contributed by atoms with van der Waals surface area (Å²) < 4.78 is 16.7. The molecule has 34 heavy (non-hydrogen) atoms. The number of ether oxygens (including phenoxy) is 3. The fourth-order valence-corrected chi connectivity index (χ4v) is 3.55. The van der Waals surface area contributed by atoms with E-state index in [9.17, 15) is 9.59 Å². The average molecular weight is 472 g/mol. The molecular formula is C28H41NO5. The number of amides is 1. The molecular weight excluding hydrogens is 430 g/mol. The largest absolute Gasteiger partial charge is 0.447 e. The van der Waals surface area contributed by atoms with Crippen LogP contribution in [0.4, 0.5) is 4.79 Å². The molecule has 1 amide bonds. The van der Waals surface area contributed by atoms with Gasteiger partial charge in [-0.3, -0.25) is 9.69 Å². The minimum absolute atomic E-state index is 0.157. The minimum Gasteiger partial charge on any atom is -0.447 e. The van der Waals surface area contributed by atoms with Crippen LogP contribution < -0.4 is 0 Å². The molecule has 0 radical (unpaired) electrons. The van der Waals surface area contributed by atoms with Gasteiger partial charge >= 0.3 is 12.1 Å². The number of carbonyl (C=O) groups excluding carboxylic acids is 2. The topological polar surface area (TPSA) is 65.1 Å². The molecule has 6 nitrogen and oxygen atoms in total. The van der Waals surface area contributed by atoms with Crippen molar-refractivity contribution in [2.24, 2.45) is 0 Å². The number of rotatable bonds is 9. The van der Waals surface area contributed by atoms with Crippen molar-refractivity contribution in [3.63, 3.8) is 0 Å². The molecule has 1 aliphatic rings. The van der Waals surface area contributed by atoms with E-state index in [1.807, 2.05) is 0 Å². The van der Waals surface area contributed by atoms with Crippen LogP contribution >= 0.6 is 0 Å². The van der Waals surface area contributed by atoms with Crippen LogP contribution in [0.15, 0.2) is 0 Å². The third kappa shape index (κ3) is 11.5. The number of unbranched alkanes of at least 4 members (excludes halogenated alkanes) is 7. The molecule has 188 valence electrons. The molecule has 1 aliphatic heterocycles. The number of hydrogen-bond acceptors (Lipinski definition) is 5. The maximum absolute atomic E-state index is 12.9. The van der Waals surface area contributed by atoms with Crippen molar-refractivity contribution in [2.75, 3.05) is 6.61 Å². The number of esters is 1. The summed E-state index contributed by atoms with van der Waals surface area (Å²) in [6.07, 6.45) is 8.12. The molecule has 1 fully saturated rings. The van der Waals surface area contributed by atoms with E-state index in [1.165, 1.54) is 50.3 Å². The summed E-state index contributed by atoms with van der Waals surface area (Å²) in [6.45, 7) is 12.6. The van der Waals surface area contributed by atoms with Gasteiger partial charge in [0.2, 0.25) is 0 Å². The van der Waals surface area contributed by atoms with Crippen molar-refractivity contribution in [3.8, 4) is 35.5 Å². The first-order valence-electron chi connectivity index (χ1n) is 12.3. The van der Waals surface area contributed by atoms with Crippen molar-refractivity contribution in [1.29, 1.82) is 0 Å². The second kappa shape index (κ2) is 14.6. The van der Waals surface area contributed by atoms with Crippen molar-refractivity contribution in [3.05, 3.63) is 0 Å². The van der Waals surface area contributed by atoms with Gasteiger partial charge < -0.3 is 14.2 Å². The van der Waals surface area contributed by atoms with Gasteiger partial charge in [-0.2, -0.15) is 0 Å². The fourth-order valence-electron chi connectivity index (χ4n) is 3.55. The van der Waals surface area contributed by atoms with E-state index in [0.29, 0.717) is 0 Å². The molecule has 0 N–H and O–H groups in total. The first kappa shape index (κ1) is 29.4. The fraction of sp³-hybridized carbons (Fsp3) is 0.714. The van der Waals surface area contributed by atoms with Crippen LogP contribution in [0, 0.1) is 35.5 Å². The molecule has 0 aromatic rings. The van der Waals surface area contributed by atoms with Gasteiger partial charge in [0.25, 0.3) is 0 Å². The second-order valence-electron chi connectivity index (χ2n) is 9.90. The second-order valence-corrected chi connectivity index (χ2v) is 9.90. The Hall–Kier alpha value is -2.62. The highest BCUT2D eigenvalue weighted by molar-refractivity contribution is 5.70.